The molecule has 3 aromatic heterocycles. The maximum absolute atomic E-state index is 12.8. The van der Waals surface area contributed by atoms with Gasteiger partial charge in [0.15, 0.2) is 5.65 Å². The fourth-order valence-corrected chi connectivity index (χ4v) is 4.00. The predicted molar refractivity (Wildman–Crippen MR) is 113 cm³/mol. The molecule has 11 heteroatoms. The van der Waals surface area contributed by atoms with E-state index >= 15 is 0 Å². The summed E-state index contributed by atoms with van der Waals surface area (Å²) in [7, 11) is -0.193. The fraction of sp³-hybridized carbons (Fsp3) is 0.150. The van der Waals surface area contributed by atoms with Crippen molar-refractivity contribution >= 4 is 32.7 Å². The molecule has 0 radical (unpaired) electrons. The molecule has 10 nitrogen and oxygen atoms in total. The summed E-state index contributed by atoms with van der Waals surface area (Å²) in [4.78, 5) is 26.5. The minimum atomic E-state index is -3.74. The molecule has 0 aliphatic carbocycles. The molecule has 2 N–H and O–H groups in total. The molecule has 0 aliphatic heterocycles. The van der Waals surface area contributed by atoms with Crippen molar-refractivity contribution in [2.24, 2.45) is 0 Å². The smallest absolute Gasteiger partial charge is 0.253 e. The molecule has 0 aliphatic rings. The average Bonchev–Trinajstić information content (AvgIpc) is 3.25. The lowest BCUT2D eigenvalue weighted by atomic mass is 10.2. The maximum Gasteiger partial charge on any atom is 0.253 e. The molecule has 0 bridgehead atoms. The molecule has 0 saturated carbocycles. The van der Waals surface area contributed by atoms with Crippen LogP contribution in [0.1, 0.15) is 15.9 Å². The van der Waals surface area contributed by atoms with E-state index in [1.54, 1.807) is 43.4 Å². The number of H-pyrrole nitrogens is 1. The van der Waals surface area contributed by atoms with Gasteiger partial charge in [0.25, 0.3) is 5.91 Å². The van der Waals surface area contributed by atoms with Crippen LogP contribution < -0.4 is 10.2 Å². The van der Waals surface area contributed by atoms with Gasteiger partial charge >= 0.3 is 0 Å². The standard InChI is InChI=1S/C20H19N7O3S/c1-27(2)20-23-11-17(12-24-20)31(29,30)16-5-3-13(4-6-16)8-22-19(28)15-7-14-10-25-26-18(14)21-9-15/h3-7,9-12H,8H2,1-2H3,(H,22,28)(H,21,25,26). The summed E-state index contributed by atoms with van der Waals surface area (Å²) in [5.41, 5.74) is 1.77. The van der Waals surface area contributed by atoms with Gasteiger partial charge in [0, 0.05) is 32.2 Å². The lowest BCUT2D eigenvalue weighted by Crippen LogP contribution is -2.22. The van der Waals surface area contributed by atoms with Crippen LogP contribution in [0.5, 0.6) is 0 Å². The molecule has 1 aromatic carbocycles. The van der Waals surface area contributed by atoms with Gasteiger partial charge in [0.2, 0.25) is 15.8 Å². The molecule has 4 aromatic rings. The van der Waals surface area contributed by atoms with Gasteiger partial charge < -0.3 is 10.2 Å². The highest BCUT2D eigenvalue weighted by Gasteiger charge is 2.19. The topological polar surface area (TPSA) is 134 Å². The third-order valence-electron chi connectivity index (χ3n) is 4.56. The number of carbonyl (C=O) groups excluding carboxylic acids is 1. The Labute approximate surface area is 178 Å². The van der Waals surface area contributed by atoms with Gasteiger partial charge in [-0.3, -0.25) is 9.89 Å². The molecule has 0 atom stereocenters. The Morgan fingerprint density at radius 3 is 2.39 bits per heavy atom. The summed E-state index contributed by atoms with van der Waals surface area (Å²) >= 11 is 0. The number of aromatic amines is 1. The summed E-state index contributed by atoms with van der Waals surface area (Å²) in [5.74, 6) is 0.137. The zero-order valence-corrected chi connectivity index (χ0v) is 17.6. The zero-order chi connectivity index (χ0) is 22.0. The third-order valence-corrected chi connectivity index (χ3v) is 6.29. The molecule has 0 fully saturated rings. The molecule has 158 valence electrons. The van der Waals surface area contributed by atoms with Crippen molar-refractivity contribution in [3.8, 4) is 0 Å². The number of amides is 1. The number of rotatable bonds is 6. The average molecular weight is 437 g/mol. The van der Waals surface area contributed by atoms with Crippen LogP contribution in [0.15, 0.2) is 64.9 Å². The molecule has 0 spiro atoms. The van der Waals surface area contributed by atoms with E-state index in [1.807, 2.05) is 0 Å². The highest BCUT2D eigenvalue weighted by Crippen LogP contribution is 2.21. The number of pyridine rings is 1. The van der Waals surface area contributed by atoms with Gasteiger partial charge in [0.1, 0.15) is 4.90 Å². The van der Waals surface area contributed by atoms with E-state index in [1.165, 1.54) is 30.7 Å². The molecule has 1 amide bonds. The van der Waals surface area contributed by atoms with E-state index in [0.29, 0.717) is 17.2 Å². The van der Waals surface area contributed by atoms with E-state index in [2.05, 4.69) is 30.5 Å². The molecule has 3 heterocycles. The maximum atomic E-state index is 12.8. The van der Waals surface area contributed by atoms with Crippen LogP contribution >= 0.6 is 0 Å². The lowest BCUT2D eigenvalue weighted by molar-refractivity contribution is 0.0950. The van der Waals surface area contributed by atoms with Gasteiger partial charge in [-0.15, -0.1) is 0 Å². The Kier molecular flexibility index (Phi) is 5.34. The van der Waals surface area contributed by atoms with Gasteiger partial charge in [-0.25, -0.2) is 23.4 Å². The first kappa shape index (κ1) is 20.4. The van der Waals surface area contributed by atoms with Crippen LogP contribution in [-0.2, 0) is 16.4 Å². The van der Waals surface area contributed by atoms with Crippen LogP contribution in [0, 0.1) is 0 Å². The van der Waals surface area contributed by atoms with Crippen LogP contribution in [-0.4, -0.2) is 53.6 Å². The van der Waals surface area contributed by atoms with Crippen molar-refractivity contribution in [2.45, 2.75) is 16.3 Å². The molecular weight excluding hydrogens is 418 g/mol. The summed E-state index contributed by atoms with van der Waals surface area (Å²) < 4.78 is 25.6. The minimum absolute atomic E-state index is 0.0151. The van der Waals surface area contributed by atoms with E-state index in [4.69, 9.17) is 0 Å². The van der Waals surface area contributed by atoms with Crippen LogP contribution in [0.2, 0.25) is 0 Å². The van der Waals surface area contributed by atoms with Crippen molar-refractivity contribution < 1.29 is 13.2 Å². The highest BCUT2D eigenvalue weighted by molar-refractivity contribution is 7.91. The largest absolute Gasteiger partial charge is 0.348 e. The monoisotopic (exact) mass is 437 g/mol. The number of fused-ring (bicyclic) bond motifs is 1. The summed E-state index contributed by atoms with van der Waals surface area (Å²) in [6.45, 7) is 0.239. The van der Waals surface area contributed by atoms with Gasteiger partial charge in [0.05, 0.1) is 29.0 Å². The van der Waals surface area contributed by atoms with Crippen LogP contribution in [0.4, 0.5) is 5.95 Å². The van der Waals surface area contributed by atoms with Crippen molar-refractivity contribution in [1.29, 1.82) is 0 Å². The quantitative estimate of drug-likeness (QED) is 0.464. The molecule has 31 heavy (non-hydrogen) atoms. The van der Waals surface area contributed by atoms with E-state index in [9.17, 15) is 13.2 Å². The molecule has 4 rings (SSSR count). The van der Waals surface area contributed by atoms with Crippen molar-refractivity contribution in [3.05, 3.63) is 66.2 Å². The SMILES string of the molecule is CN(C)c1ncc(S(=O)(=O)c2ccc(CNC(=O)c3cnc4[nH]ncc4c3)cc2)cn1. The fourth-order valence-electron chi connectivity index (χ4n) is 2.85. The van der Waals surface area contributed by atoms with Gasteiger partial charge in [-0.2, -0.15) is 5.10 Å². The van der Waals surface area contributed by atoms with Crippen LogP contribution in [0.25, 0.3) is 11.0 Å². The Morgan fingerprint density at radius 1 is 1.00 bits per heavy atom. The highest BCUT2D eigenvalue weighted by atomic mass is 32.2. The summed E-state index contributed by atoms with van der Waals surface area (Å²) in [6, 6.07) is 7.99. The van der Waals surface area contributed by atoms with E-state index in [0.717, 1.165) is 10.9 Å². The Balaban J connectivity index is 1.44. The van der Waals surface area contributed by atoms with Crippen molar-refractivity contribution in [1.82, 2.24) is 30.5 Å². The number of carbonyl (C=O) groups is 1. The predicted octanol–water partition coefficient (Wildman–Crippen LogP) is 1.58. The minimum Gasteiger partial charge on any atom is -0.348 e. The second-order valence-electron chi connectivity index (χ2n) is 6.98. The number of hydrogen-bond donors (Lipinski definition) is 2. The first-order valence-electron chi connectivity index (χ1n) is 9.25. The first-order chi connectivity index (χ1) is 14.8. The number of nitrogens with zero attached hydrogens (tertiary/aromatic N) is 5. The Bertz CT molecular complexity index is 1330. The number of sulfone groups is 1. The van der Waals surface area contributed by atoms with E-state index in [-0.39, 0.29) is 22.2 Å². The normalized spacial score (nSPS) is 11.4. The summed E-state index contributed by atoms with van der Waals surface area (Å²) in [5, 5.41) is 10.1. The van der Waals surface area contributed by atoms with Crippen molar-refractivity contribution in [2.75, 3.05) is 19.0 Å². The number of aromatic nitrogens is 5. The molecule has 0 saturated heterocycles. The number of nitrogens with one attached hydrogen (secondary N) is 2. The Hall–Kier alpha value is -3.86. The molecule has 0 unspecified atom stereocenters. The molecular formula is C20H19N7O3S. The van der Waals surface area contributed by atoms with Gasteiger partial charge in [-0.05, 0) is 23.8 Å². The van der Waals surface area contributed by atoms with E-state index < -0.39 is 9.84 Å². The first-order valence-corrected chi connectivity index (χ1v) is 10.7. The second-order valence-corrected chi connectivity index (χ2v) is 8.92. The van der Waals surface area contributed by atoms with Crippen LogP contribution in [0.3, 0.4) is 0 Å². The number of hydrogen-bond acceptors (Lipinski definition) is 8. The second kappa shape index (κ2) is 8.11. The number of benzene rings is 1. The summed E-state index contributed by atoms with van der Waals surface area (Å²) in [6.07, 6.45) is 5.64. The Morgan fingerprint density at radius 2 is 1.71 bits per heavy atom. The number of anilines is 1. The third kappa shape index (κ3) is 4.21. The zero-order valence-electron chi connectivity index (χ0n) is 16.8. The lowest BCUT2D eigenvalue weighted by Gasteiger charge is -2.10. The van der Waals surface area contributed by atoms with Crippen molar-refractivity contribution in [3.63, 3.8) is 0 Å². The van der Waals surface area contributed by atoms with Gasteiger partial charge in [-0.1, -0.05) is 12.1 Å².